The van der Waals surface area contributed by atoms with Crippen LogP contribution in [0.15, 0.2) is 48.5 Å². The van der Waals surface area contributed by atoms with E-state index in [9.17, 15) is 4.79 Å². The lowest BCUT2D eigenvalue weighted by molar-refractivity contribution is 0.0204. The topological polar surface area (TPSA) is 70.2 Å². The maximum absolute atomic E-state index is 12.6. The Bertz CT molecular complexity index is 1050. The number of aromatic amines is 1. The van der Waals surface area contributed by atoms with E-state index in [2.05, 4.69) is 51.6 Å². The van der Waals surface area contributed by atoms with Gasteiger partial charge >= 0.3 is 0 Å². The highest BCUT2D eigenvalue weighted by atomic mass is 16.5. The van der Waals surface area contributed by atoms with Crippen LogP contribution in [0.1, 0.15) is 28.4 Å². The minimum absolute atomic E-state index is 0.0404. The summed E-state index contributed by atoms with van der Waals surface area (Å²) in [6.45, 7) is 6.15. The van der Waals surface area contributed by atoms with Gasteiger partial charge in [-0.3, -0.25) is 14.8 Å². The molecule has 0 saturated carbocycles. The zero-order valence-electron chi connectivity index (χ0n) is 17.1. The molecule has 0 radical (unpaired) electrons. The number of hydrogen-bond acceptors (Lipinski definition) is 4. The highest BCUT2D eigenvalue weighted by Gasteiger charge is 2.24. The van der Waals surface area contributed by atoms with Crippen LogP contribution in [-0.4, -0.2) is 59.9 Å². The highest BCUT2D eigenvalue weighted by Crippen LogP contribution is 2.39. The Morgan fingerprint density at radius 2 is 1.93 bits per heavy atom. The molecule has 5 rings (SSSR count). The molecule has 0 spiro atoms. The van der Waals surface area contributed by atoms with Crippen LogP contribution in [0.4, 0.5) is 0 Å². The van der Waals surface area contributed by atoms with Gasteiger partial charge in [0.25, 0.3) is 5.91 Å². The van der Waals surface area contributed by atoms with Crippen LogP contribution in [0.25, 0.3) is 22.5 Å². The lowest BCUT2D eigenvalue weighted by Crippen LogP contribution is -2.47. The molecule has 1 amide bonds. The van der Waals surface area contributed by atoms with Gasteiger partial charge in [-0.25, -0.2) is 0 Å². The predicted octanol–water partition coefficient (Wildman–Crippen LogP) is 3.10. The van der Waals surface area contributed by atoms with E-state index in [0.717, 1.165) is 49.7 Å². The van der Waals surface area contributed by atoms with Gasteiger partial charge in [0.05, 0.1) is 24.6 Å². The van der Waals surface area contributed by atoms with E-state index in [0.29, 0.717) is 18.2 Å². The molecule has 2 N–H and O–H groups in total. The SMILES string of the molecule is CC(CNC(=O)c1ccc(-c2n[nH]c3c2Cc2ccccc2-3)cc1)N1CCOCC1. The van der Waals surface area contributed by atoms with E-state index >= 15 is 0 Å². The summed E-state index contributed by atoms with van der Waals surface area (Å²) in [5.74, 6) is -0.0404. The van der Waals surface area contributed by atoms with Gasteiger partial charge in [-0.1, -0.05) is 36.4 Å². The average molecular weight is 402 g/mol. The van der Waals surface area contributed by atoms with Gasteiger partial charge in [-0.15, -0.1) is 0 Å². The number of nitrogens with one attached hydrogen (secondary N) is 2. The van der Waals surface area contributed by atoms with Crippen LogP contribution in [0.5, 0.6) is 0 Å². The molecule has 30 heavy (non-hydrogen) atoms. The number of amides is 1. The third-order valence-corrected chi connectivity index (χ3v) is 6.17. The van der Waals surface area contributed by atoms with Crippen molar-refractivity contribution in [2.75, 3.05) is 32.8 Å². The molecule has 1 saturated heterocycles. The summed E-state index contributed by atoms with van der Waals surface area (Å²) in [6, 6.07) is 16.5. The van der Waals surface area contributed by atoms with Gasteiger partial charge in [0, 0.05) is 54.4 Å². The van der Waals surface area contributed by atoms with Crippen LogP contribution in [0.2, 0.25) is 0 Å². The van der Waals surface area contributed by atoms with E-state index < -0.39 is 0 Å². The molecule has 1 aliphatic carbocycles. The number of morpholine rings is 1. The summed E-state index contributed by atoms with van der Waals surface area (Å²) in [6.07, 6.45) is 0.888. The van der Waals surface area contributed by atoms with Crippen molar-refractivity contribution in [3.63, 3.8) is 0 Å². The summed E-state index contributed by atoms with van der Waals surface area (Å²) in [5.41, 5.74) is 7.56. The monoisotopic (exact) mass is 402 g/mol. The maximum atomic E-state index is 12.6. The first kappa shape index (κ1) is 19.0. The number of fused-ring (bicyclic) bond motifs is 3. The van der Waals surface area contributed by atoms with E-state index in [1.165, 1.54) is 16.7 Å². The normalized spacial score (nSPS) is 16.7. The highest BCUT2D eigenvalue weighted by molar-refractivity contribution is 5.94. The smallest absolute Gasteiger partial charge is 0.251 e. The number of hydrogen-bond donors (Lipinski definition) is 2. The van der Waals surface area contributed by atoms with Crippen LogP contribution >= 0.6 is 0 Å². The largest absolute Gasteiger partial charge is 0.379 e. The number of benzene rings is 2. The molecule has 2 aliphatic rings. The predicted molar refractivity (Wildman–Crippen MR) is 116 cm³/mol. The number of ether oxygens (including phenoxy) is 1. The van der Waals surface area contributed by atoms with Crippen molar-refractivity contribution in [3.05, 3.63) is 65.2 Å². The molecule has 3 aromatic rings. The lowest BCUT2D eigenvalue weighted by Gasteiger charge is -2.32. The van der Waals surface area contributed by atoms with Crippen molar-refractivity contribution in [2.45, 2.75) is 19.4 Å². The number of nitrogens with zero attached hydrogens (tertiary/aromatic N) is 2. The molecular formula is C24H26N4O2. The molecular weight excluding hydrogens is 376 g/mol. The number of carbonyl (C=O) groups is 1. The fraction of sp³-hybridized carbons (Fsp3) is 0.333. The first-order valence-electron chi connectivity index (χ1n) is 10.6. The third kappa shape index (κ3) is 3.53. The van der Waals surface area contributed by atoms with E-state index in [4.69, 9.17) is 4.74 Å². The standard InChI is InChI=1S/C24H26N4O2/c1-16(28-10-12-30-13-11-28)15-25-24(29)18-8-6-17(7-9-18)22-21-14-19-4-2-3-5-20(19)23(21)27-26-22/h2-9,16H,10-15H2,1H3,(H,25,29)(H,26,27). The minimum atomic E-state index is -0.0404. The second kappa shape index (κ2) is 8.05. The van der Waals surface area contributed by atoms with Gasteiger partial charge in [0.1, 0.15) is 0 Å². The van der Waals surface area contributed by atoms with E-state index in [1.807, 2.05) is 24.3 Å². The second-order valence-corrected chi connectivity index (χ2v) is 8.04. The summed E-state index contributed by atoms with van der Waals surface area (Å²) in [4.78, 5) is 14.9. The van der Waals surface area contributed by atoms with Crippen LogP contribution in [0.3, 0.4) is 0 Å². The molecule has 1 fully saturated rings. The average Bonchev–Trinajstić information content (AvgIpc) is 3.37. The Balaban J connectivity index is 1.25. The first-order valence-corrected chi connectivity index (χ1v) is 10.6. The van der Waals surface area contributed by atoms with Gasteiger partial charge in [-0.2, -0.15) is 5.10 Å². The van der Waals surface area contributed by atoms with Gasteiger partial charge in [0.2, 0.25) is 0 Å². The zero-order chi connectivity index (χ0) is 20.5. The summed E-state index contributed by atoms with van der Waals surface area (Å²) < 4.78 is 5.40. The van der Waals surface area contributed by atoms with Crippen molar-refractivity contribution in [3.8, 4) is 22.5 Å². The van der Waals surface area contributed by atoms with Crippen LogP contribution in [0, 0.1) is 0 Å². The fourth-order valence-corrected chi connectivity index (χ4v) is 4.38. The molecule has 2 heterocycles. The van der Waals surface area contributed by atoms with Gasteiger partial charge < -0.3 is 10.1 Å². The number of rotatable bonds is 5. The van der Waals surface area contributed by atoms with Gasteiger partial charge in [0.15, 0.2) is 0 Å². The number of H-pyrrole nitrogens is 1. The number of carbonyl (C=O) groups excluding carboxylic acids is 1. The first-order chi connectivity index (χ1) is 14.7. The second-order valence-electron chi connectivity index (χ2n) is 8.04. The minimum Gasteiger partial charge on any atom is -0.379 e. The summed E-state index contributed by atoms with van der Waals surface area (Å²) in [5, 5.41) is 10.8. The molecule has 2 aromatic carbocycles. The molecule has 1 atom stereocenters. The molecule has 1 aliphatic heterocycles. The third-order valence-electron chi connectivity index (χ3n) is 6.17. The van der Waals surface area contributed by atoms with Crippen molar-refractivity contribution >= 4 is 5.91 Å². The molecule has 1 unspecified atom stereocenters. The van der Waals surface area contributed by atoms with Crippen LogP contribution in [-0.2, 0) is 11.2 Å². The maximum Gasteiger partial charge on any atom is 0.251 e. The Morgan fingerprint density at radius 1 is 1.17 bits per heavy atom. The molecule has 6 nitrogen and oxygen atoms in total. The van der Waals surface area contributed by atoms with E-state index in [-0.39, 0.29) is 5.91 Å². The van der Waals surface area contributed by atoms with Crippen molar-refractivity contribution in [1.82, 2.24) is 20.4 Å². The Hall–Kier alpha value is -2.96. The molecule has 1 aromatic heterocycles. The molecule has 0 bridgehead atoms. The molecule has 6 heteroatoms. The Labute approximate surface area is 176 Å². The van der Waals surface area contributed by atoms with Crippen molar-refractivity contribution < 1.29 is 9.53 Å². The van der Waals surface area contributed by atoms with Crippen molar-refractivity contribution in [2.24, 2.45) is 0 Å². The molecule has 154 valence electrons. The fourth-order valence-electron chi connectivity index (χ4n) is 4.38. The van der Waals surface area contributed by atoms with Gasteiger partial charge in [-0.05, 0) is 24.6 Å². The Kier molecular flexibility index (Phi) is 5.11. The van der Waals surface area contributed by atoms with Crippen molar-refractivity contribution in [1.29, 1.82) is 0 Å². The quantitative estimate of drug-likeness (QED) is 0.538. The summed E-state index contributed by atoms with van der Waals surface area (Å²) >= 11 is 0. The van der Waals surface area contributed by atoms with E-state index in [1.54, 1.807) is 0 Å². The zero-order valence-corrected chi connectivity index (χ0v) is 17.1. The number of aromatic nitrogens is 2. The van der Waals surface area contributed by atoms with Crippen LogP contribution < -0.4 is 5.32 Å². The Morgan fingerprint density at radius 3 is 2.73 bits per heavy atom. The summed E-state index contributed by atoms with van der Waals surface area (Å²) in [7, 11) is 0. The lowest BCUT2D eigenvalue weighted by atomic mass is 10.0.